The van der Waals surface area contributed by atoms with Gasteiger partial charge in [0.15, 0.2) is 0 Å². The van der Waals surface area contributed by atoms with Crippen molar-refractivity contribution >= 4 is 72.2 Å². The van der Waals surface area contributed by atoms with Gasteiger partial charge in [0.05, 0.1) is 22.7 Å². The van der Waals surface area contributed by atoms with Gasteiger partial charge < -0.3 is 9.05 Å². The van der Waals surface area contributed by atoms with Crippen molar-refractivity contribution in [3.05, 3.63) is 175 Å². The van der Waals surface area contributed by atoms with E-state index in [9.17, 15) is 5.26 Å². The summed E-state index contributed by atoms with van der Waals surface area (Å²) in [4.78, 5) is 0. The van der Waals surface area contributed by atoms with Crippen molar-refractivity contribution in [1.29, 1.82) is 5.26 Å². The van der Waals surface area contributed by atoms with Gasteiger partial charge in [-0.25, -0.2) is 0 Å². The molecule has 9 aromatic carbocycles. The molecule has 0 amide bonds. The standard InChI is InChI=1S/C52H30BN3/c1-30-41(34-21-19-31(29-54)20-22-34)28-46-50-47(30)40-17-10-16-39-36-15-8-9-18-44(36)56(51(39)40)53(50)43-27-42(33-13-6-3-7-14-33)38-24-23-37-35(32-11-4-2-5-12-32)25-26-45-48(37)49(38)52(43)55(45)46/h2-28H,1H3. The van der Waals surface area contributed by atoms with Crippen molar-refractivity contribution in [3.8, 4) is 56.3 Å². The Labute approximate surface area is 323 Å². The van der Waals surface area contributed by atoms with Crippen LogP contribution in [0.4, 0.5) is 0 Å². The van der Waals surface area contributed by atoms with E-state index in [0.717, 1.165) is 5.56 Å². The fourth-order valence-corrected chi connectivity index (χ4v) is 10.6. The second kappa shape index (κ2) is 10.7. The molecule has 13 rings (SSSR count). The highest BCUT2D eigenvalue weighted by atomic mass is 15.0. The summed E-state index contributed by atoms with van der Waals surface area (Å²) in [5.74, 6) is 0. The van der Waals surface area contributed by atoms with Crippen molar-refractivity contribution in [2.75, 3.05) is 0 Å². The van der Waals surface area contributed by atoms with Gasteiger partial charge in [-0.05, 0) is 103 Å². The van der Waals surface area contributed by atoms with Gasteiger partial charge in [-0.2, -0.15) is 5.26 Å². The Hall–Kier alpha value is -7.35. The number of aromatic nitrogens is 2. The molecule has 11 aromatic rings. The van der Waals surface area contributed by atoms with E-state index in [0.29, 0.717) is 5.56 Å². The fourth-order valence-electron chi connectivity index (χ4n) is 10.6. The molecule has 0 N–H and O–H groups in total. The van der Waals surface area contributed by atoms with E-state index < -0.39 is 0 Å². The van der Waals surface area contributed by atoms with Crippen LogP contribution < -0.4 is 10.9 Å². The predicted molar refractivity (Wildman–Crippen MR) is 234 cm³/mol. The zero-order chi connectivity index (χ0) is 36.8. The number of rotatable bonds is 3. The monoisotopic (exact) mass is 707 g/mol. The number of nitrogens with zero attached hydrogens (tertiary/aromatic N) is 3. The van der Waals surface area contributed by atoms with Gasteiger partial charge >= 0.3 is 6.85 Å². The first-order chi connectivity index (χ1) is 27.7. The van der Waals surface area contributed by atoms with Crippen molar-refractivity contribution in [1.82, 2.24) is 9.05 Å². The highest BCUT2D eigenvalue weighted by Gasteiger charge is 2.43. The summed E-state index contributed by atoms with van der Waals surface area (Å²) in [6.07, 6.45) is 0. The van der Waals surface area contributed by atoms with Crippen LogP contribution in [0.5, 0.6) is 0 Å². The molecule has 2 aromatic heterocycles. The number of nitriles is 1. The minimum absolute atomic E-state index is 0.0534. The maximum Gasteiger partial charge on any atom is 0.333 e. The molecule has 3 nitrogen and oxygen atoms in total. The van der Waals surface area contributed by atoms with E-state index in [1.165, 1.54) is 116 Å². The van der Waals surface area contributed by atoms with Gasteiger partial charge in [0, 0.05) is 43.8 Å². The topological polar surface area (TPSA) is 33.6 Å². The van der Waals surface area contributed by atoms with Crippen LogP contribution in [0.1, 0.15) is 11.1 Å². The first-order valence-corrected chi connectivity index (χ1v) is 19.4. The van der Waals surface area contributed by atoms with Gasteiger partial charge in [-0.15, -0.1) is 0 Å². The molecular formula is C52H30BN3. The molecule has 4 heteroatoms. The molecule has 0 saturated carbocycles. The summed E-state index contributed by atoms with van der Waals surface area (Å²) in [5, 5.41) is 17.4. The lowest BCUT2D eigenvalue weighted by Crippen LogP contribution is -2.55. The van der Waals surface area contributed by atoms with Crippen LogP contribution in [-0.2, 0) is 0 Å². The lowest BCUT2D eigenvalue weighted by atomic mass is 9.45. The van der Waals surface area contributed by atoms with Gasteiger partial charge in [-0.1, -0.05) is 133 Å². The number of fused-ring (bicyclic) bond motifs is 8. The average molecular weight is 708 g/mol. The van der Waals surface area contributed by atoms with E-state index in [4.69, 9.17) is 0 Å². The van der Waals surface area contributed by atoms with Crippen LogP contribution in [0.25, 0.3) is 105 Å². The zero-order valence-electron chi connectivity index (χ0n) is 30.5. The Morgan fingerprint density at radius 1 is 0.500 bits per heavy atom. The van der Waals surface area contributed by atoms with Gasteiger partial charge in [0.25, 0.3) is 0 Å². The minimum Gasteiger partial charge on any atom is -0.375 e. The van der Waals surface area contributed by atoms with Crippen LogP contribution in [-0.4, -0.2) is 15.9 Å². The average Bonchev–Trinajstić information content (AvgIpc) is 3.79. The third-order valence-electron chi connectivity index (χ3n) is 12.9. The molecule has 256 valence electrons. The molecule has 0 aliphatic carbocycles. The lowest BCUT2D eigenvalue weighted by Gasteiger charge is -2.36. The first-order valence-electron chi connectivity index (χ1n) is 19.4. The molecule has 0 radical (unpaired) electrons. The maximum absolute atomic E-state index is 9.70. The van der Waals surface area contributed by atoms with Crippen LogP contribution >= 0.6 is 0 Å². The molecule has 2 aliphatic rings. The highest BCUT2D eigenvalue weighted by Crippen LogP contribution is 2.49. The summed E-state index contributed by atoms with van der Waals surface area (Å²) >= 11 is 0. The number of hydrogen-bond acceptors (Lipinski definition) is 1. The summed E-state index contributed by atoms with van der Waals surface area (Å²) < 4.78 is 5.26. The van der Waals surface area contributed by atoms with Crippen LogP contribution in [0, 0.1) is 18.3 Å². The van der Waals surface area contributed by atoms with E-state index in [2.05, 4.69) is 174 Å². The Morgan fingerprint density at radius 3 is 1.95 bits per heavy atom. The van der Waals surface area contributed by atoms with E-state index >= 15 is 0 Å². The number of para-hydroxylation sites is 2. The lowest BCUT2D eigenvalue weighted by molar-refractivity contribution is 1.17. The van der Waals surface area contributed by atoms with E-state index in [1.807, 2.05) is 12.1 Å². The Kier molecular flexibility index (Phi) is 5.72. The molecule has 0 atom stereocenters. The second-order valence-corrected chi connectivity index (χ2v) is 15.5. The van der Waals surface area contributed by atoms with Crippen molar-refractivity contribution < 1.29 is 0 Å². The molecule has 56 heavy (non-hydrogen) atoms. The van der Waals surface area contributed by atoms with Crippen molar-refractivity contribution in [2.45, 2.75) is 6.92 Å². The Bertz CT molecular complexity index is 3530. The zero-order valence-corrected chi connectivity index (χ0v) is 30.5. The summed E-state index contributed by atoms with van der Waals surface area (Å²) in [7, 11) is 0. The van der Waals surface area contributed by atoms with Crippen LogP contribution in [0.2, 0.25) is 0 Å². The molecule has 4 heterocycles. The van der Waals surface area contributed by atoms with Crippen LogP contribution in [0.3, 0.4) is 0 Å². The molecular weight excluding hydrogens is 677 g/mol. The maximum atomic E-state index is 9.70. The SMILES string of the molecule is Cc1c(-c2ccc(C#N)cc2)cc2c3c1-c1cccc4c5ccccc5n(c14)B3c1cc(-c3ccccc3)c3ccc4c(-c5ccccc5)ccc5c4c3c1n5-2. The van der Waals surface area contributed by atoms with Gasteiger partial charge in [0.1, 0.15) is 0 Å². The van der Waals surface area contributed by atoms with Gasteiger partial charge in [0.2, 0.25) is 0 Å². The quantitative estimate of drug-likeness (QED) is 0.133. The van der Waals surface area contributed by atoms with Crippen molar-refractivity contribution in [3.63, 3.8) is 0 Å². The smallest absolute Gasteiger partial charge is 0.333 e. The molecule has 0 fully saturated rings. The number of hydrogen-bond donors (Lipinski definition) is 0. The van der Waals surface area contributed by atoms with Crippen molar-refractivity contribution in [2.24, 2.45) is 0 Å². The minimum atomic E-state index is -0.0534. The highest BCUT2D eigenvalue weighted by molar-refractivity contribution is 6.90. The Morgan fingerprint density at radius 2 is 1.18 bits per heavy atom. The third kappa shape index (κ3) is 3.63. The summed E-state index contributed by atoms with van der Waals surface area (Å²) in [5.41, 5.74) is 20.8. The first kappa shape index (κ1) is 30.0. The second-order valence-electron chi connectivity index (χ2n) is 15.5. The normalized spacial score (nSPS) is 12.7. The molecule has 0 bridgehead atoms. The van der Waals surface area contributed by atoms with E-state index in [1.54, 1.807) is 0 Å². The summed E-state index contributed by atoms with van der Waals surface area (Å²) in [6.45, 7) is 2.25. The number of benzene rings is 9. The Balaban J connectivity index is 1.28. The fraction of sp³-hybridized carbons (Fsp3) is 0.0192. The van der Waals surface area contributed by atoms with Gasteiger partial charge in [-0.3, -0.25) is 0 Å². The molecule has 0 spiro atoms. The third-order valence-corrected chi connectivity index (χ3v) is 12.9. The van der Waals surface area contributed by atoms with E-state index in [-0.39, 0.29) is 6.85 Å². The largest absolute Gasteiger partial charge is 0.375 e. The molecule has 0 saturated heterocycles. The summed E-state index contributed by atoms with van der Waals surface area (Å²) in [6, 6.07) is 62.5. The predicted octanol–water partition coefficient (Wildman–Crippen LogP) is 11.6. The van der Waals surface area contributed by atoms with Crippen LogP contribution in [0.15, 0.2) is 164 Å². The molecule has 0 unspecified atom stereocenters. The molecule has 2 aliphatic heterocycles.